The van der Waals surface area contributed by atoms with Crippen molar-refractivity contribution >= 4 is 0 Å². The van der Waals surface area contributed by atoms with E-state index in [9.17, 15) is 0 Å². The molecule has 5 heteroatoms. The monoisotopic (exact) mass is 161 g/mol. The van der Waals surface area contributed by atoms with E-state index >= 15 is 0 Å². The summed E-state index contributed by atoms with van der Waals surface area (Å²) in [5.74, 6) is 5.70. The molecule has 0 saturated carbocycles. The molecule has 0 aromatic heterocycles. The van der Waals surface area contributed by atoms with E-state index < -0.39 is 0 Å². The molecule has 0 aliphatic carbocycles. The van der Waals surface area contributed by atoms with Gasteiger partial charge in [-0.1, -0.05) is 13.8 Å². The molecule has 0 aromatic carbocycles. The number of rotatable bonds is 7. The van der Waals surface area contributed by atoms with Gasteiger partial charge in [0.1, 0.15) is 0 Å². The molecule has 68 valence electrons. The molecule has 6 N–H and O–H groups in total. The van der Waals surface area contributed by atoms with Crippen LogP contribution in [0.3, 0.4) is 0 Å². The third-order valence-electron chi connectivity index (χ3n) is 1.31. The predicted molar refractivity (Wildman–Crippen MR) is 45.7 cm³/mol. The minimum Gasteiger partial charge on any atom is -0.257 e. The lowest BCUT2D eigenvalue weighted by molar-refractivity contribution is 0.366. The number of hydrogen-bond acceptors (Lipinski definition) is 5. The lowest BCUT2D eigenvalue weighted by Crippen LogP contribution is -2.53. The molecule has 0 aliphatic rings. The van der Waals surface area contributed by atoms with Crippen molar-refractivity contribution in [3.8, 4) is 0 Å². The van der Waals surface area contributed by atoms with E-state index in [1.807, 2.05) is 0 Å². The highest BCUT2D eigenvalue weighted by atomic mass is 15.8. The van der Waals surface area contributed by atoms with E-state index in [4.69, 9.17) is 5.84 Å². The van der Waals surface area contributed by atoms with Crippen LogP contribution in [0, 0.1) is 5.92 Å². The molecule has 0 radical (unpaired) electrons. The van der Waals surface area contributed by atoms with Crippen molar-refractivity contribution in [2.24, 2.45) is 11.8 Å². The molecular formula is C6H19N5. The minimum absolute atomic E-state index is 0.775. The van der Waals surface area contributed by atoms with Crippen LogP contribution in [0.15, 0.2) is 0 Å². The Morgan fingerprint density at radius 1 is 1.27 bits per heavy atom. The van der Waals surface area contributed by atoms with Crippen molar-refractivity contribution < 1.29 is 0 Å². The predicted octanol–water partition coefficient (Wildman–Crippen LogP) is -0.600. The maximum Gasteiger partial charge on any atom is 0.0114 e. The fraction of sp³-hybridized carbons (Fsp3) is 1.00. The molecule has 0 amide bonds. The minimum atomic E-state index is 0.775. The zero-order chi connectivity index (χ0) is 8.53. The zero-order valence-electron chi connectivity index (χ0n) is 7.28. The first kappa shape index (κ1) is 10.8. The van der Waals surface area contributed by atoms with Gasteiger partial charge in [0.05, 0.1) is 0 Å². The van der Waals surface area contributed by atoms with E-state index in [0.717, 1.165) is 18.9 Å². The van der Waals surface area contributed by atoms with Crippen molar-refractivity contribution in [1.29, 1.82) is 0 Å². The Morgan fingerprint density at radius 2 is 2.00 bits per heavy atom. The first-order valence-corrected chi connectivity index (χ1v) is 3.96. The van der Waals surface area contributed by atoms with E-state index in [0.29, 0.717) is 0 Å². The van der Waals surface area contributed by atoms with Crippen LogP contribution in [-0.4, -0.2) is 6.54 Å². The maximum atomic E-state index is 4.93. The highest BCUT2D eigenvalue weighted by molar-refractivity contribution is 4.46. The average Bonchev–Trinajstić information content (AvgIpc) is 1.96. The molecule has 5 nitrogen and oxygen atoms in total. The first-order chi connectivity index (χ1) is 5.27. The first-order valence-electron chi connectivity index (χ1n) is 3.96. The van der Waals surface area contributed by atoms with Crippen molar-refractivity contribution in [3.63, 3.8) is 0 Å². The normalized spacial score (nSPS) is 10.9. The van der Waals surface area contributed by atoms with Crippen LogP contribution in [-0.2, 0) is 0 Å². The van der Waals surface area contributed by atoms with Crippen molar-refractivity contribution in [3.05, 3.63) is 0 Å². The Balaban J connectivity index is 2.80. The third-order valence-corrected chi connectivity index (χ3v) is 1.31. The molecule has 0 saturated heterocycles. The average molecular weight is 161 g/mol. The smallest absolute Gasteiger partial charge is 0.0114 e. The van der Waals surface area contributed by atoms with Crippen LogP contribution < -0.4 is 27.9 Å². The van der Waals surface area contributed by atoms with Crippen LogP contribution in [0.1, 0.15) is 26.7 Å². The Bertz CT molecular complexity index is 75.4. The van der Waals surface area contributed by atoms with Crippen molar-refractivity contribution in [2.75, 3.05) is 6.54 Å². The van der Waals surface area contributed by atoms with E-state index in [1.54, 1.807) is 0 Å². The van der Waals surface area contributed by atoms with Crippen LogP contribution in [0.4, 0.5) is 0 Å². The number of nitrogens with two attached hydrogens (primary N) is 1. The van der Waals surface area contributed by atoms with Gasteiger partial charge >= 0.3 is 0 Å². The summed E-state index contributed by atoms with van der Waals surface area (Å²) in [6.07, 6.45) is 2.40. The third kappa shape index (κ3) is 9.80. The van der Waals surface area contributed by atoms with E-state index in [2.05, 4.69) is 35.9 Å². The van der Waals surface area contributed by atoms with Gasteiger partial charge in [0.2, 0.25) is 0 Å². The Kier molecular flexibility index (Phi) is 7.76. The van der Waals surface area contributed by atoms with Gasteiger partial charge in [-0.25, -0.2) is 5.43 Å². The molecule has 0 atom stereocenters. The molecule has 0 unspecified atom stereocenters. The number of nitrogens with one attached hydrogen (secondary N) is 4. The van der Waals surface area contributed by atoms with E-state index in [-0.39, 0.29) is 0 Å². The zero-order valence-corrected chi connectivity index (χ0v) is 7.28. The summed E-state index contributed by atoms with van der Waals surface area (Å²) >= 11 is 0. The van der Waals surface area contributed by atoms with Crippen molar-refractivity contribution in [2.45, 2.75) is 26.7 Å². The highest BCUT2D eigenvalue weighted by Crippen LogP contribution is 2.00. The summed E-state index contributed by atoms with van der Waals surface area (Å²) in [6, 6.07) is 0. The number of hydrazine groups is 4. The van der Waals surface area contributed by atoms with Crippen LogP contribution in [0.5, 0.6) is 0 Å². The summed E-state index contributed by atoms with van der Waals surface area (Å²) in [7, 11) is 0. The van der Waals surface area contributed by atoms with Gasteiger partial charge in [0.15, 0.2) is 0 Å². The summed E-state index contributed by atoms with van der Waals surface area (Å²) in [5.41, 5.74) is 10.4. The van der Waals surface area contributed by atoms with Crippen LogP contribution in [0.25, 0.3) is 0 Å². The standard InChI is InChI=1S/C6H19N5/c1-6(2)4-3-5-8-10-11-9-7/h6,8-11H,3-5,7H2,1-2H3. The molecule has 0 aliphatic heterocycles. The fourth-order valence-corrected chi connectivity index (χ4v) is 0.741. The summed E-state index contributed by atoms with van der Waals surface area (Å²) in [5, 5.41) is 0. The van der Waals surface area contributed by atoms with Crippen molar-refractivity contribution in [1.82, 2.24) is 22.0 Å². The molecule has 0 fully saturated rings. The van der Waals surface area contributed by atoms with E-state index in [1.165, 1.54) is 6.42 Å². The molecule has 0 spiro atoms. The second-order valence-electron chi connectivity index (χ2n) is 2.86. The Labute approximate surface area is 68.0 Å². The number of hydrogen-bond donors (Lipinski definition) is 5. The molecule has 11 heavy (non-hydrogen) atoms. The molecular weight excluding hydrogens is 142 g/mol. The van der Waals surface area contributed by atoms with Crippen LogP contribution in [0.2, 0.25) is 0 Å². The largest absolute Gasteiger partial charge is 0.257 e. The second kappa shape index (κ2) is 7.90. The Morgan fingerprint density at radius 3 is 2.55 bits per heavy atom. The van der Waals surface area contributed by atoms with Gasteiger partial charge in [-0.2, -0.15) is 16.6 Å². The van der Waals surface area contributed by atoms with Gasteiger partial charge < -0.3 is 0 Å². The lowest BCUT2D eigenvalue weighted by atomic mass is 10.1. The Hall–Kier alpha value is -0.200. The topological polar surface area (TPSA) is 74.1 Å². The fourth-order valence-electron chi connectivity index (χ4n) is 0.741. The molecule has 0 aromatic rings. The van der Waals surface area contributed by atoms with Gasteiger partial charge in [-0.05, 0) is 18.8 Å². The summed E-state index contributed by atoms with van der Waals surface area (Å²) < 4.78 is 0. The van der Waals surface area contributed by atoms with Gasteiger partial charge in [-0.3, -0.25) is 5.84 Å². The van der Waals surface area contributed by atoms with Gasteiger partial charge in [0.25, 0.3) is 0 Å². The van der Waals surface area contributed by atoms with Gasteiger partial charge in [-0.15, -0.1) is 0 Å². The van der Waals surface area contributed by atoms with Gasteiger partial charge in [0, 0.05) is 6.54 Å². The second-order valence-corrected chi connectivity index (χ2v) is 2.86. The lowest BCUT2D eigenvalue weighted by Gasteiger charge is -2.07. The molecule has 0 bridgehead atoms. The quantitative estimate of drug-likeness (QED) is 0.196. The SMILES string of the molecule is CC(C)CCCNNNNN. The molecule has 0 heterocycles. The highest BCUT2D eigenvalue weighted by Gasteiger charge is 1.91. The maximum absolute atomic E-state index is 4.93. The van der Waals surface area contributed by atoms with Crippen LogP contribution >= 0.6 is 0 Å². The summed E-state index contributed by atoms with van der Waals surface area (Å²) in [6.45, 7) is 5.37. The molecule has 0 rings (SSSR count). The summed E-state index contributed by atoms with van der Waals surface area (Å²) in [4.78, 5) is 0.